The van der Waals surface area contributed by atoms with E-state index in [9.17, 15) is 4.79 Å². The maximum atomic E-state index is 10.9. The first-order chi connectivity index (χ1) is 4.20. The van der Waals surface area contributed by atoms with Crippen molar-refractivity contribution in [2.24, 2.45) is 0 Å². The van der Waals surface area contributed by atoms with E-state index in [0.717, 1.165) is 11.1 Å². The van der Waals surface area contributed by atoms with Crippen LogP contribution in [0, 0.1) is 13.5 Å². The summed E-state index contributed by atoms with van der Waals surface area (Å²) in [6, 6.07) is 0. The van der Waals surface area contributed by atoms with E-state index in [1.807, 2.05) is 13.8 Å². The van der Waals surface area contributed by atoms with Gasteiger partial charge in [0.15, 0.2) is 0 Å². The maximum Gasteiger partial charge on any atom is 1.00 e. The minimum atomic E-state index is 0. The molecule has 0 N–H and O–H groups in total. The van der Waals surface area contributed by atoms with E-state index >= 15 is 0 Å². The Balaban J connectivity index is 0. The molecule has 0 aliphatic heterocycles. The van der Waals surface area contributed by atoms with E-state index < -0.39 is 0 Å². The minimum absolute atomic E-state index is 0. The Kier molecular flexibility index (Phi) is 8.22. The number of hydrogen-bond donors (Lipinski definition) is 0. The Labute approximate surface area is 111 Å². The van der Waals surface area contributed by atoms with Crippen molar-refractivity contribution < 1.29 is 56.2 Å². The molecule has 1 aliphatic carbocycles. The van der Waals surface area contributed by atoms with Crippen LogP contribution < -0.4 is 51.4 Å². The molecule has 0 heterocycles. The fraction of sp³-hybridized carbons (Fsp3) is 0.333. The number of allylic oxidation sites excluding steroid dienone is 4. The first kappa shape index (κ1) is 14.3. The van der Waals surface area contributed by atoms with Gasteiger partial charge in [-0.2, -0.15) is 11.1 Å². The summed E-state index contributed by atoms with van der Waals surface area (Å²) >= 11 is 0. The molecule has 0 amide bonds. The van der Waals surface area contributed by atoms with Crippen molar-refractivity contribution >= 4 is 5.78 Å². The van der Waals surface area contributed by atoms with Crippen LogP contribution in [0.25, 0.3) is 0 Å². The minimum Gasteiger partial charge on any atom is -0.358 e. The van der Waals surface area contributed by atoms with Crippen LogP contribution in [0.4, 0.5) is 0 Å². The average molecular weight is 175 g/mol. The fourth-order valence-electron chi connectivity index (χ4n) is 0.743. The summed E-state index contributed by atoms with van der Waals surface area (Å²) in [4.78, 5) is 10.9. The van der Waals surface area contributed by atoms with Crippen LogP contribution >= 0.6 is 0 Å². The molecule has 2 heteroatoms. The molecule has 1 aliphatic rings. The van der Waals surface area contributed by atoms with Crippen LogP contribution in [0.1, 0.15) is 20.3 Å². The van der Waals surface area contributed by atoms with E-state index in [1.54, 1.807) is 6.08 Å². The Morgan fingerprint density at radius 2 is 2.00 bits per heavy atom. The zero-order valence-corrected chi connectivity index (χ0v) is 10.8. The van der Waals surface area contributed by atoms with Crippen molar-refractivity contribution in [2.75, 3.05) is 0 Å². The first-order valence-corrected chi connectivity index (χ1v) is 2.99. The van der Waals surface area contributed by atoms with Crippen molar-refractivity contribution in [2.45, 2.75) is 20.3 Å². The summed E-state index contributed by atoms with van der Waals surface area (Å²) in [6.45, 7) is 3.74. The molecule has 0 unspecified atom stereocenters. The topological polar surface area (TPSA) is 17.1 Å². The molecule has 11 heavy (non-hydrogen) atoms. The number of carbonyl (C=O) groups is 1. The Morgan fingerprint density at radius 3 is 2.36 bits per heavy atom. The van der Waals surface area contributed by atoms with Crippen LogP contribution in [0.5, 0.6) is 0 Å². The van der Waals surface area contributed by atoms with Crippen LogP contribution in [0.3, 0.4) is 0 Å². The predicted octanol–water partition coefficient (Wildman–Crippen LogP) is -0.891. The summed E-state index contributed by atoms with van der Waals surface area (Å²) < 4.78 is 0. The molecule has 1 nitrogen and oxygen atoms in total. The molecule has 0 aromatic rings. The van der Waals surface area contributed by atoms with Crippen LogP contribution in [-0.2, 0) is 4.79 Å². The number of Topliss-reactive ketones (excluding diaryl/α,β-unsaturated/α-hetero) is 1. The summed E-state index contributed by atoms with van der Waals surface area (Å²) in [5, 5.41) is 0. The zero-order chi connectivity index (χ0) is 6.85. The second-order valence-electron chi connectivity index (χ2n) is 2.35. The third-order valence-corrected chi connectivity index (χ3v) is 1.40. The van der Waals surface area contributed by atoms with Crippen molar-refractivity contribution in [1.82, 2.24) is 0 Å². The van der Waals surface area contributed by atoms with E-state index in [0.29, 0.717) is 6.42 Å². The standard InChI is InChI=1S/C8H9O.CH3.K/c1-6-3-4-7(2)8(9)5-6;;/h4H,5H2,1-2H3;1H3;/q2*-1;+1. The van der Waals surface area contributed by atoms with Gasteiger partial charge in [-0.3, -0.25) is 6.08 Å². The molecule has 56 valence electrons. The van der Waals surface area contributed by atoms with Crippen LogP contribution in [0.15, 0.2) is 17.2 Å². The average Bonchev–Trinajstić information content (AvgIpc) is 1.80. The van der Waals surface area contributed by atoms with Crippen molar-refractivity contribution in [3.63, 3.8) is 0 Å². The normalized spacial score (nSPS) is 15.6. The van der Waals surface area contributed by atoms with E-state index in [4.69, 9.17) is 0 Å². The largest absolute Gasteiger partial charge is 1.00 e. The summed E-state index contributed by atoms with van der Waals surface area (Å²) in [5.74, 6) is 0.228. The number of rotatable bonds is 0. The van der Waals surface area contributed by atoms with Gasteiger partial charge in [0, 0.05) is 0 Å². The Hall–Kier alpha value is 0.786. The summed E-state index contributed by atoms with van der Waals surface area (Å²) in [5.41, 5.74) is 1.85. The number of carbonyl (C=O) groups excluding carboxylic acids is 1. The van der Waals surface area contributed by atoms with Gasteiger partial charge in [0.05, 0.1) is 5.78 Å². The van der Waals surface area contributed by atoms with Crippen molar-refractivity contribution in [3.05, 3.63) is 30.7 Å². The molecule has 0 radical (unpaired) electrons. The molecule has 0 atom stereocenters. The smallest absolute Gasteiger partial charge is 0.358 e. The molecule has 0 saturated heterocycles. The van der Waals surface area contributed by atoms with Crippen LogP contribution in [-0.4, -0.2) is 5.78 Å². The van der Waals surface area contributed by atoms with E-state index in [-0.39, 0.29) is 64.6 Å². The quantitative estimate of drug-likeness (QED) is 0.345. The molecule has 1 rings (SSSR count). The molecule has 0 aromatic carbocycles. The zero-order valence-electron chi connectivity index (χ0n) is 7.69. The molecular weight excluding hydrogens is 163 g/mol. The first-order valence-electron chi connectivity index (χ1n) is 2.99. The SMILES string of the molecule is CC1=[C-]C=C(C)C(=O)C1.[CH3-].[K+]. The molecular formula is C9H12KO-. The molecule has 0 spiro atoms. The van der Waals surface area contributed by atoms with Gasteiger partial charge in [0.25, 0.3) is 0 Å². The molecule has 0 bridgehead atoms. The second kappa shape index (κ2) is 6.32. The van der Waals surface area contributed by atoms with Gasteiger partial charge in [-0.15, -0.1) is 6.92 Å². The molecule has 0 saturated carbocycles. The Morgan fingerprint density at radius 1 is 1.45 bits per heavy atom. The van der Waals surface area contributed by atoms with Gasteiger partial charge in [-0.1, -0.05) is 6.92 Å². The number of hydrogen-bond acceptors (Lipinski definition) is 1. The van der Waals surface area contributed by atoms with Gasteiger partial charge in [0.1, 0.15) is 0 Å². The number of ketones is 1. The maximum absolute atomic E-state index is 10.9. The fourth-order valence-corrected chi connectivity index (χ4v) is 0.743. The third kappa shape index (κ3) is 4.38. The molecule has 0 fully saturated rings. The third-order valence-electron chi connectivity index (χ3n) is 1.40. The van der Waals surface area contributed by atoms with Crippen molar-refractivity contribution in [3.8, 4) is 0 Å². The van der Waals surface area contributed by atoms with E-state index in [1.165, 1.54) is 0 Å². The van der Waals surface area contributed by atoms with Gasteiger partial charge >= 0.3 is 51.4 Å². The monoisotopic (exact) mass is 175 g/mol. The second-order valence-corrected chi connectivity index (χ2v) is 2.35. The van der Waals surface area contributed by atoms with Gasteiger partial charge in [-0.05, 0) is 6.42 Å². The molecule has 0 aromatic heterocycles. The summed E-state index contributed by atoms with van der Waals surface area (Å²) in [6.07, 6.45) is 5.30. The predicted molar refractivity (Wildman–Crippen MR) is 42.2 cm³/mol. The van der Waals surface area contributed by atoms with Gasteiger partial charge in [0.2, 0.25) is 0 Å². The Bertz CT molecular complexity index is 202. The van der Waals surface area contributed by atoms with Crippen molar-refractivity contribution in [1.29, 1.82) is 0 Å². The van der Waals surface area contributed by atoms with Crippen LogP contribution in [0.2, 0.25) is 0 Å². The van der Waals surface area contributed by atoms with Gasteiger partial charge in [-0.25, -0.2) is 6.08 Å². The summed E-state index contributed by atoms with van der Waals surface area (Å²) in [7, 11) is 0. The van der Waals surface area contributed by atoms with E-state index in [2.05, 4.69) is 6.08 Å². The van der Waals surface area contributed by atoms with Gasteiger partial charge < -0.3 is 12.2 Å².